The number of nitrogens with zero attached hydrogens (tertiary/aromatic N) is 1. The minimum atomic E-state index is -0.491. The van der Waals surface area contributed by atoms with Gasteiger partial charge in [-0.3, -0.25) is 14.5 Å². The molecule has 0 unspecified atom stereocenters. The molecule has 4 heteroatoms. The van der Waals surface area contributed by atoms with Crippen LogP contribution in [0.4, 0.5) is 0 Å². The van der Waals surface area contributed by atoms with Gasteiger partial charge >= 0.3 is 0 Å². The lowest BCUT2D eigenvalue weighted by molar-refractivity contribution is -0.127. The smallest absolute Gasteiger partial charge is 0.234 e. The molecule has 0 saturated carbocycles. The van der Waals surface area contributed by atoms with Gasteiger partial charge in [0.2, 0.25) is 5.91 Å². The minimum Gasteiger partial charge on any atom is -0.345 e. The minimum absolute atomic E-state index is 0.0300. The van der Waals surface area contributed by atoms with E-state index in [1.54, 1.807) is 0 Å². The lowest BCUT2D eigenvalue weighted by atomic mass is 9.87. The summed E-state index contributed by atoms with van der Waals surface area (Å²) in [6, 6.07) is 17.8. The molecule has 0 heterocycles. The lowest BCUT2D eigenvalue weighted by Gasteiger charge is -2.21. The zero-order valence-corrected chi connectivity index (χ0v) is 17.7. The number of hydrogen-bond acceptors (Lipinski definition) is 3. The van der Waals surface area contributed by atoms with E-state index in [-0.39, 0.29) is 23.7 Å². The van der Waals surface area contributed by atoms with Gasteiger partial charge in [-0.15, -0.1) is 0 Å². The molecule has 0 bridgehead atoms. The molecule has 0 aliphatic carbocycles. The van der Waals surface area contributed by atoms with E-state index in [1.807, 2.05) is 42.3 Å². The molecule has 4 nitrogen and oxygen atoms in total. The highest BCUT2D eigenvalue weighted by Gasteiger charge is 2.19. The first-order chi connectivity index (χ1) is 13.1. The fourth-order valence-corrected chi connectivity index (χ4v) is 3.11. The molecular weight excluding hydrogens is 348 g/mol. The van der Waals surface area contributed by atoms with Crippen molar-refractivity contribution in [2.75, 3.05) is 13.6 Å². The maximum absolute atomic E-state index is 12.4. The van der Waals surface area contributed by atoms with Crippen LogP contribution in [-0.2, 0) is 28.0 Å². The summed E-state index contributed by atoms with van der Waals surface area (Å²) in [5.41, 5.74) is 3.62. The SMILES string of the molecule is CC(=O)[C@@H](Cc1ccccc1)NC(=O)CN(C)Cc1ccc(C(C)(C)C)cc1. The van der Waals surface area contributed by atoms with E-state index in [4.69, 9.17) is 0 Å². The monoisotopic (exact) mass is 380 g/mol. The number of carbonyl (C=O) groups is 2. The summed E-state index contributed by atoms with van der Waals surface area (Å²) in [7, 11) is 1.91. The highest BCUT2D eigenvalue weighted by Crippen LogP contribution is 2.22. The summed E-state index contributed by atoms with van der Waals surface area (Å²) in [4.78, 5) is 26.3. The molecule has 2 aromatic rings. The van der Waals surface area contributed by atoms with Gasteiger partial charge in [0.15, 0.2) is 5.78 Å². The largest absolute Gasteiger partial charge is 0.345 e. The Morgan fingerprint density at radius 3 is 2.11 bits per heavy atom. The molecular formula is C24H32N2O2. The maximum atomic E-state index is 12.4. The van der Waals surface area contributed by atoms with Crippen molar-refractivity contribution >= 4 is 11.7 Å². The quantitative estimate of drug-likeness (QED) is 0.759. The van der Waals surface area contributed by atoms with Crippen molar-refractivity contribution in [1.29, 1.82) is 0 Å². The van der Waals surface area contributed by atoms with Crippen molar-refractivity contribution < 1.29 is 9.59 Å². The number of rotatable bonds is 8. The van der Waals surface area contributed by atoms with Crippen molar-refractivity contribution in [2.24, 2.45) is 0 Å². The van der Waals surface area contributed by atoms with Crippen molar-refractivity contribution in [3.8, 4) is 0 Å². The number of ketones is 1. The molecule has 28 heavy (non-hydrogen) atoms. The van der Waals surface area contributed by atoms with E-state index in [2.05, 4.69) is 50.4 Å². The molecule has 1 atom stereocenters. The van der Waals surface area contributed by atoms with Gasteiger partial charge in [0, 0.05) is 6.54 Å². The highest BCUT2D eigenvalue weighted by atomic mass is 16.2. The molecule has 0 spiro atoms. The van der Waals surface area contributed by atoms with Crippen LogP contribution < -0.4 is 5.32 Å². The Labute approximate surface area is 169 Å². The Kier molecular flexibility index (Phi) is 7.53. The number of nitrogens with one attached hydrogen (secondary N) is 1. The maximum Gasteiger partial charge on any atom is 0.234 e. The fourth-order valence-electron chi connectivity index (χ4n) is 3.11. The van der Waals surface area contributed by atoms with E-state index >= 15 is 0 Å². The lowest BCUT2D eigenvalue weighted by Crippen LogP contribution is -2.45. The van der Waals surface area contributed by atoms with Gasteiger partial charge in [-0.1, -0.05) is 75.4 Å². The Morgan fingerprint density at radius 2 is 1.57 bits per heavy atom. The Hall–Kier alpha value is -2.46. The van der Waals surface area contributed by atoms with Crippen LogP contribution in [0.2, 0.25) is 0 Å². The molecule has 0 saturated heterocycles. The Bertz CT molecular complexity index is 777. The first-order valence-corrected chi connectivity index (χ1v) is 9.77. The van der Waals surface area contributed by atoms with E-state index in [0.717, 1.165) is 11.1 Å². The third kappa shape index (κ3) is 6.93. The van der Waals surface area contributed by atoms with Crippen LogP contribution >= 0.6 is 0 Å². The topological polar surface area (TPSA) is 49.4 Å². The van der Waals surface area contributed by atoms with Gasteiger partial charge in [-0.2, -0.15) is 0 Å². The van der Waals surface area contributed by atoms with E-state index in [0.29, 0.717) is 13.0 Å². The van der Waals surface area contributed by atoms with Crippen LogP contribution in [0.15, 0.2) is 54.6 Å². The summed E-state index contributed by atoms with van der Waals surface area (Å²) in [6.45, 7) is 9.04. The number of carbonyl (C=O) groups excluding carboxylic acids is 2. The van der Waals surface area contributed by atoms with Crippen LogP contribution in [0, 0.1) is 0 Å². The van der Waals surface area contributed by atoms with Crippen LogP contribution in [0.1, 0.15) is 44.4 Å². The van der Waals surface area contributed by atoms with Gasteiger partial charge in [0.05, 0.1) is 12.6 Å². The number of hydrogen-bond donors (Lipinski definition) is 1. The van der Waals surface area contributed by atoms with Gasteiger partial charge < -0.3 is 5.32 Å². The fraction of sp³-hybridized carbons (Fsp3) is 0.417. The highest BCUT2D eigenvalue weighted by molar-refractivity contribution is 5.88. The number of benzene rings is 2. The van der Waals surface area contributed by atoms with Gasteiger partial charge in [-0.05, 0) is 42.5 Å². The second-order valence-corrected chi connectivity index (χ2v) is 8.54. The third-order valence-corrected chi connectivity index (χ3v) is 4.79. The Morgan fingerprint density at radius 1 is 0.964 bits per heavy atom. The predicted octanol–water partition coefficient (Wildman–Crippen LogP) is 3.73. The molecule has 0 fully saturated rings. The molecule has 0 aliphatic rings. The van der Waals surface area contributed by atoms with Crippen LogP contribution in [0.25, 0.3) is 0 Å². The summed E-state index contributed by atoms with van der Waals surface area (Å²) >= 11 is 0. The van der Waals surface area contributed by atoms with Crippen LogP contribution in [0.5, 0.6) is 0 Å². The van der Waals surface area contributed by atoms with Crippen molar-refractivity contribution in [1.82, 2.24) is 10.2 Å². The summed E-state index contributed by atoms with van der Waals surface area (Å²) < 4.78 is 0. The molecule has 0 aliphatic heterocycles. The zero-order chi connectivity index (χ0) is 20.7. The average Bonchev–Trinajstić information content (AvgIpc) is 2.61. The second kappa shape index (κ2) is 9.65. The summed E-state index contributed by atoms with van der Waals surface area (Å²) in [5, 5.41) is 2.88. The molecule has 0 radical (unpaired) electrons. The van der Waals surface area contributed by atoms with Crippen molar-refractivity contribution in [2.45, 2.75) is 52.1 Å². The zero-order valence-electron chi connectivity index (χ0n) is 17.7. The summed E-state index contributed by atoms with van der Waals surface area (Å²) in [5.74, 6) is -0.164. The normalized spacial score (nSPS) is 12.6. The first kappa shape index (κ1) is 21.8. The standard InChI is InChI=1S/C24H32N2O2/c1-18(27)22(15-19-9-7-6-8-10-19)25-23(28)17-26(5)16-20-11-13-21(14-12-20)24(2,3)4/h6-14,22H,15-17H2,1-5H3,(H,25,28)/t22-/m1/s1. The molecule has 2 aromatic carbocycles. The van der Waals surface area contributed by atoms with Gasteiger partial charge in [0.1, 0.15) is 0 Å². The average molecular weight is 381 g/mol. The van der Waals surface area contributed by atoms with Crippen molar-refractivity contribution in [3.05, 3.63) is 71.3 Å². The molecule has 1 amide bonds. The second-order valence-electron chi connectivity index (χ2n) is 8.54. The van der Waals surface area contributed by atoms with Gasteiger partial charge in [0.25, 0.3) is 0 Å². The number of amides is 1. The molecule has 150 valence electrons. The number of likely N-dealkylation sites (N-methyl/N-ethyl adjacent to an activating group) is 1. The Balaban J connectivity index is 1.89. The van der Waals surface area contributed by atoms with Crippen LogP contribution in [-0.4, -0.2) is 36.2 Å². The van der Waals surface area contributed by atoms with Crippen molar-refractivity contribution in [3.63, 3.8) is 0 Å². The first-order valence-electron chi connectivity index (χ1n) is 9.77. The number of Topliss-reactive ketones (excluding diaryl/α,β-unsaturated/α-hetero) is 1. The van der Waals surface area contributed by atoms with E-state index < -0.39 is 6.04 Å². The van der Waals surface area contributed by atoms with E-state index in [9.17, 15) is 9.59 Å². The molecule has 1 N–H and O–H groups in total. The molecule has 2 rings (SSSR count). The predicted molar refractivity (Wildman–Crippen MR) is 114 cm³/mol. The third-order valence-electron chi connectivity index (χ3n) is 4.79. The van der Waals surface area contributed by atoms with Crippen LogP contribution in [0.3, 0.4) is 0 Å². The molecule has 0 aromatic heterocycles. The summed E-state index contributed by atoms with van der Waals surface area (Å²) in [6.07, 6.45) is 0.514. The van der Waals surface area contributed by atoms with Gasteiger partial charge in [-0.25, -0.2) is 0 Å². The van der Waals surface area contributed by atoms with E-state index in [1.165, 1.54) is 12.5 Å².